The summed E-state index contributed by atoms with van der Waals surface area (Å²) in [4.78, 5) is 21.6. The van der Waals surface area contributed by atoms with Crippen LogP contribution in [0.1, 0.15) is 0 Å². The van der Waals surface area contributed by atoms with E-state index < -0.39 is 6.04 Å². The van der Waals surface area contributed by atoms with Crippen LogP contribution in [0.15, 0.2) is 54.7 Å². The van der Waals surface area contributed by atoms with Crippen LogP contribution in [-0.4, -0.2) is 61.7 Å². The maximum Gasteiger partial charge on any atom is 0.244 e. The van der Waals surface area contributed by atoms with Gasteiger partial charge in [-0.25, -0.2) is 4.39 Å². The minimum atomic E-state index is -0.408. The highest BCUT2D eigenvalue weighted by atomic mass is 35.5. The fourth-order valence-corrected chi connectivity index (χ4v) is 4.04. The molecule has 0 saturated carbocycles. The summed E-state index contributed by atoms with van der Waals surface area (Å²) in [5.74, 6) is -0.395. The molecule has 1 aliphatic heterocycles. The number of anilines is 2. The standard InChI is InChI=1S/C23H24ClFN4O2/c1-31-15-22(23(30)27-18-5-2-16(24)3-6-18)29-12-10-28(11-13-29)21-8-9-26-20-7-4-17(25)14-19(20)21/h2-9,14,22H,10-13,15H2,1H3,(H,27,30). The molecule has 1 aliphatic rings. The van der Waals surface area contributed by atoms with Crippen molar-refractivity contribution in [1.29, 1.82) is 0 Å². The molecule has 1 amide bonds. The lowest BCUT2D eigenvalue weighted by atomic mass is 10.1. The third-order valence-electron chi connectivity index (χ3n) is 5.52. The molecule has 4 rings (SSSR count). The minimum Gasteiger partial charge on any atom is -0.383 e. The smallest absolute Gasteiger partial charge is 0.244 e. The molecule has 6 nitrogen and oxygen atoms in total. The van der Waals surface area contributed by atoms with Gasteiger partial charge in [-0.2, -0.15) is 0 Å². The minimum absolute atomic E-state index is 0.117. The van der Waals surface area contributed by atoms with Gasteiger partial charge in [0.05, 0.1) is 12.1 Å². The molecule has 1 N–H and O–H groups in total. The quantitative estimate of drug-likeness (QED) is 0.629. The number of nitrogens with one attached hydrogen (secondary N) is 1. The van der Waals surface area contributed by atoms with Crippen LogP contribution in [0.2, 0.25) is 5.02 Å². The summed E-state index contributed by atoms with van der Waals surface area (Å²) < 4.78 is 19.1. The van der Waals surface area contributed by atoms with Crippen LogP contribution in [0.3, 0.4) is 0 Å². The molecule has 2 heterocycles. The molecule has 0 bridgehead atoms. The summed E-state index contributed by atoms with van der Waals surface area (Å²) in [5.41, 5.74) is 2.42. The highest BCUT2D eigenvalue weighted by molar-refractivity contribution is 6.30. The predicted molar refractivity (Wildman–Crippen MR) is 121 cm³/mol. The molecule has 0 radical (unpaired) electrons. The number of carbonyl (C=O) groups excluding carboxylic acids is 1. The number of hydrogen-bond donors (Lipinski definition) is 1. The van der Waals surface area contributed by atoms with Gasteiger partial charge < -0.3 is 15.0 Å². The Bertz CT molecular complexity index is 1060. The SMILES string of the molecule is COCC(C(=O)Nc1ccc(Cl)cc1)N1CCN(c2ccnc3ccc(F)cc23)CC1. The van der Waals surface area contributed by atoms with E-state index in [1.807, 2.05) is 6.07 Å². The summed E-state index contributed by atoms with van der Waals surface area (Å²) in [5, 5.41) is 4.35. The van der Waals surface area contributed by atoms with Crippen molar-refractivity contribution < 1.29 is 13.9 Å². The van der Waals surface area contributed by atoms with E-state index >= 15 is 0 Å². The van der Waals surface area contributed by atoms with Gasteiger partial charge in [0.1, 0.15) is 11.9 Å². The fourth-order valence-electron chi connectivity index (χ4n) is 3.92. The first kappa shape index (κ1) is 21.5. The van der Waals surface area contributed by atoms with Crippen molar-refractivity contribution in [3.63, 3.8) is 0 Å². The molecule has 1 saturated heterocycles. The zero-order chi connectivity index (χ0) is 21.8. The lowest BCUT2D eigenvalue weighted by molar-refractivity contribution is -0.123. The molecule has 1 fully saturated rings. The normalized spacial score (nSPS) is 15.8. The van der Waals surface area contributed by atoms with Crippen molar-refractivity contribution in [2.75, 3.05) is 50.1 Å². The molecule has 8 heteroatoms. The van der Waals surface area contributed by atoms with Crippen molar-refractivity contribution in [2.24, 2.45) is 0 Å². The number of halogens is 2. The van der Waals surface area contributed by atoms with Gasteiger partial charge in [0, 0.05) is 61.3 Å². The Balaban J connectivity index is 1.45. The second kappa shape index (κ2) is 9.60. The highest BCUT2D eigenvalue weighted by Crippen LogP contribution is 2.27. The van der Waals surface area contributed by atoms with E-state index in [0.29, 0.717) is 43.5 Å². The number of benzene rings is 2. The topological polar surface area (TPSA) is 57.7 Å². The van der Waals surface area contributed by atoms with Crippen LogP contribution in [0.25, 0.3) is 10.9 Å². The van der Waals surface area contributed by atoms with E-state index in [0.717, 1.165) is 16.6 Å². The van der Waals surface area contributed by atoms with Crippen LogP contribution in [-0.2, 0) is 9.53 Å². The third-order valence-corrected chi connectivity index (χ3v) is 5.77. The molecule has 0 aliphatic carbocycles. The Labute approximate surface area is 185 Å². The number of ether oxygens (including phenoxy) is 1. The number of carbonyl (C=O) groups is 1. The maximum absolute atomic E-state index is 13.8. The van der Waals surface area contributed by atoms with Crippen LogP contribution in [0, 0.1) is 5.82 Å². The van der Waals surface area contributed by atoms with Gasteiger partial charge in [-0.1, -0.05) is 11.6 Å². The average molecular weight is 443 g/mol. The Morgan fingerprint density at radius 2 is 1.90 bits per heavy atom. The Morgan fingerprint density at radius 3 is 2.61 bits per heavy atom. The number of aromatic nitrogens is 1. The third kappa shape index (κ3) is 4.95. The number of hydrogen-bond acceptors (Lipinski definition) is 5. The van der Waals surface area contributed by atoms with E-state index in [4.69, 9.17) is 16.3 Å². The second-order valence-corrected chi connectivity index (χ2v) is 7.92. The zero-order valence-corrected chi connectivity index (χ0v) is 18.0. The number of pyridine rings is 1. The molecule has 2 aromatic carbocycles. The molecule has 1 atom stereocenters. The van der Waals surface area contributed by atoms with Gasteiger partial charge in [0.15, 0.2) is 0 Å². The van der Waals surface area contributed by atoms with E-state index in [2.05, 4.69) is 20.1 Å². The maximum atomic E-state index is 13.8. The van der Waals surface area contributed by atoms with E-state index in [9.17, 15) is 9.18 Å². The van der Waals surface area contributed by atoms with Gasteiger partial charge in [-0.3, -0.25) is 14.7 Å². The molecule has 162 valence electrons. The highest BCUT2D eigenvalue weighted by Gasteiger charge is 2.29. The largest absolute Gasteiger partial charge is 0.383 e. The van der Waals surface area contributed by atoms with Crippen LogP contribution in [0.4, 0.5) is 15.8 Å². The van der Waals surface area contributed by atoms with E-state index in [1.54, 1.807) is 43.6 Å². The van der Waals surface area contributed by atoms with Gasteiger partial charge in [0.2, 0.25) is 5.91 Å². The lowest BCUT2D eigenvalue weighted by Gasteiger charge is -2.39. The monoisotopic (exact) mass is 442 g/mol. The molecule has 0 spiro atoms. The number of piperazine rings is 1. The predicted octanol–water partition coefficient (Wildman–Crippen LogP) is 3.80. The van der Waals surface area contributed by atoms with E-state index in [1.165, 1.54) is 12.1 Å². The molecule has 3 aromatic rings. The van der Waals surface area contributed by atoms with Crippen LogP contribution >= 0.6 is 11.6 Å². The van der Waals surface area contributed by atoms with Crippen LogP contribution in [0.5, 0.6) is 0 Å². The summed E-state index contributed by atoms with van der Waals surface area (Å²) >= 11 is 5.92. The Hall–Kier alpha value is -2.74. The van der Waals surface area contributed by atoms with Gasteiger partial charge in [-0.05, 0) is 48.5 Å². The summed E-state index contributed by atoms with van der Waals surface area (Å²) in [6, 6.07) is 13.2. The molecule has 1 unspecified atom stereocenters. The lowest BCUT2D eigenvalue weighted by Crippen LogP contribution is -2.55. The van der Waals surface area contributed by atoms with Crippen LogP contribution < -0.4 is 10.2 Å². The zero-order valence-electron chi connectivity index (χ0n) is 17.2. The van der Waals surface area contributed by atoms with Gasteiger partial charge in [0.25, 0.3) is 0 Å². The van der Waals surface area contributed by atoms with Gasteiger partial charge in [-0.15, -0.1) is 0 Å². The summed E-state index contributed by atoms with van der Waals surface area (Å²) in [6.07, 6.45) is 1.75. The van der Waals surface area contributed by atoms with Crippen molar-refractivity contribution in [2.45, 2.75) is 6.04 Å². The first-order chi connectivity index (χ1) is 15.0. The Morgan fingerprint density at radius 1 is 1.16 bits per heavy atom. The Kier molecular flexibility index (Phi) is 6.65. The van der Waals surface area contributed by atoms with Crippen molar-refractivity contribution >= 4 is 39.8 Å². The molecular formula is C23H24ClFN4O2. The average Bonchev–Trinajstić information content (AvgIpc) is 2.78. The number of fused-ring (bicyclic) bond motifs is 1. The fraction of sp³-hybridized carbons (Fsp3) is 0.304. The molecule has 31 heavy (non-hydrogen) atoms. The first-order valence-electron chi connectivity index (χ1n) is 10.1. The van der Waals surface area contributed by atoms with Gasteiger partial charge >= 0.3 is 0 Å². The number of rotatable bonds is 6. The summed E-state index contributed by atoms with van der Waals surface area (Å²) in [6.45, 7) is 3.08. The number of methoxy groups -OCH3 is 1. The molecular weight excluding hydrogens is 419 g/mol. The number of nitrogens with zero attached hydrogens (tertiary/aromatic N) is 3. The van der Waals surface area contributed by atoms with Crippen molar-refractivity contribution in [3.8, 4) is 0 Å². The first-order valence-corrected chi connectivity index (χ1v) is 10.5. The van der Waals surface area contributed by atoms with Crippen molar-refractivity contribution in [1.82, 2.24) is 9.88 Å². The van der Waals surface area contributed by atoms with E-state index in [-0.39, 0.29) is 11.7 Å². The van der Waals surface area contributed by atoms with Crippen molar-refractivity contribution in [3.05, 3.63) is 65.6 Å². The second-order valence-electron chi connectivity index (χ2n) is 7.48. The molecule has 1 aromatic heterocycles. The summed E-state index contributed by atoms with van der Waals surface area (Å²) in [7, 11) is 1.59. The number of amides is 1.